The molecule has 1 unspecified atom stereocenters. The second kappa shape index (κ2) is 18.8. The fourth-order valence-corrected chi connectivity index (χ4v) is 22.7. The fraction of sp³-hybridized carbons (Fsp3) is 0.750. The van der Waals surface area contributed by atoms with E-state index in [2.05, 4.69) is 85.1 Å². The van der Waals surface area contributed by atoms with Crippen LogP contribution in [0.1, 0.15) is 138 Å². The van der Waals surface area contributed by atoms with Gasteiger partial charge < -0.3 is 9.64 Å². The number of carbonyl (C=O) groups excluding carboxylic acids is 1. The van der Waals surface area contributed by atoms with E-state index in [1.807, 2.05) is 20.8 Å². The molecular formula is C40H70N2O5SiSn. The number of hydrogen-bond donors (Lipinski definition) is 0. The molecule has 1 fully saturated rings. The Bertz CT molecular complexity index is 1240. The van der Waals surface area contributed by atoms with E-state index in [4.69, 9.17) is 23.3 Å². The van der Waals surface area contributed by atoms with E-state index in [-0.39, 0.29) is 23.3 Å². The molecule has 3 rings (SSSR count). The third kappa shape index (κ3) is 12.9. The number of oxazole rings is 1. The molecule has 1 aliphatic heterocycles. The zero-order valence-corrected chi connectivity index (χ0v) is 36.9. The van der Waals surface area contributed by atoms with E-state index in [0.717, 1.165) is 37.3 Å². The quantitative estimate of drug-likeness (QED) is 0.140. The Morgan fingerprint density at radius 2 is 1.49 bits per heavy atom. The molecule has 0 saturated carbocycles. The molecule has 278 valence electrons. The van der Waals surface area contributed by atoms with Crippen molar-refractivity contribution in [1.29, 1.82) is 0 Å². The van der Waals surface area contributed by atoms with Crippen molar-refractivity contribution >= 4 is 36.6 Å². The fourth-order valence-electron chi connectivity index (χ4n) is 6.44. The molecule has 1 saturated heterocycles. The summed E-state index contributed by atoms with van der Waals surface area (Å²) in [5.74, 6) is 1.67. The molecule has 49 heavy (non-hydrogen) atoms. The van der Waals surface area contributed by atoms with Gasteiger partial charge in [-0.15, -0.1) is 0 Å². The van der Waals surface area contributed by atoms with Gasteiger partial charge in [-0.25, -0.2) is 4.79 Å². The van der Waals surface area contributed by atoms with Gasteiger partial charge in [0.25, 0.3) is 0 Å². The van der Waals surface area contributed by atoms with Crippen molar-refractivity contribution < 1.29 is 23.1 Å². The summed E-state index contributed by atoms with van der Waals surface area (Å²) in [4.78, 5) is 19.3. The topological polar surface area (TPSA) is 74.0 Å². The summed E-state index contributed by atoms with van der Waals surface area (Å²) in [6.07, 6.45) is 12.8. The number of likely N-dealkylation sites (tertiary alicyclic amines) is 1. The molecule has 9 heteroatoms. The summed E-state index contributed by atoms with van der Waals surface area (Å²) in [6, 6.07) is 8.52. The molecule has 0 N–H and O–H groups in total. The van der Waals surface area contributed by atoms with Crippen LogP contribution in [0, 0.1) is 0 Å². The summed E-state index contributed by atoms with van der Waals surface area (Å²) < 4.78 is 31.3. The van der Waals surface area contributed by atoms with Crippen molar-refractivity contribution in [3.63, 3.8) is 0 Å². The third-order valence-electron chi connectivity index (χ3n) is 10.6. The summed E-state index contributed by atoms with van der Waals surface area (Å²) in [5, 5.41) is 0.0923. The summed E-state index contributed by atoms with van der Waals surface area (Å²) in [7, 11) is -2.08. The second-order valence-corrected chi connectivity index (χ2v) is 34.7. The zero-order chi connectivity index (χ0) is 36.3. The van der Waals surface area contributed by atoms with Gasteiger partial charge >= 0.3 is 239 Å². The first-order valence-electron chi connectivity index (χ1n) is 19.4. The van der Waals surface area contributed by atoms with Crippen molar-refractivity contribution in [2.75, 3.05) is 13.1 Å². The van der Waals surface area contributed by atoms with E-state index in [9.17, 15) is 4.79 Å². The van der Waals surface area contributed by atoms with Crippen LogP contribution in [-0.4, -0.2) is 67.5 Å². The zero-order valence-electron chi connectivity index (χ0n) is 33.1. The van der Waals surface area contributed by atoms with Gasteiger partial charge in [-0.2, -0.15) is 0 Å². The number of nitrogens with zero attached hydrogens (tertiary/aromatic N) is 2. The Hall–Kier alpha value is -1.52. The molecular weight excluding hydrogens is 735 g/mol. The van der Waals surface area contributed by atoms with Crippen LogP contribution >= 0.6 is 0 Å². The molecule has 7 nitrogen and oxygen atoms in total. The Morgan fingerprint density at radius 1 is 0.939 bits per heavy atom. The molecule has 2 heterocycles. The number of amides is 1. The van der Waals surface area contributed by atoms with Crippen LogP contribution in [0.5, 0.6) is 5.75 Å². The molecule has 1 aliphatic rings. The van der Waals surface area contributed by atoms with E-state index >= 15 is 0 Å². The standard InChI is InChI=1S/C28H43N2O5Si.3C4H9.Sn/c1-27(2,3)34-26(31)30-18-15-23(16-19-30)33-22-12-9-21(10-13-22)11-14-24(25-29-17-20-32-25)35-36(7,8)28(4,5)6;3*1-3-4-2;/h9-10,12-13,17,23-24H,11,14-16,18-19H2,1-8H3;3*1,3-4H2,2H3;. The first-order valence-corrected chi connectivity index (χ1v) is 29.8. The number of unbranched alkanes of at least 4 members (excludes halogenated alkanes) is 3. The van der Waals surface area contributed by atoms with Crippen LogP contribution in [-0.2, 0) is 15.6 Å². The Morgan fingerprint density at radius 3 is 1.98 bits per heavy atom. The van der Waals surface area contributed by atoms with Crippen LogP contribution in [0.2, 0.25) is 31.4 Å². The number of piperidine rings is 1. The molecule has 0 radical (unpaired) electrons. The average Bonchev–Trinajstić information content (AvgIpc) is 3.53. The molecule has 0 aliphatic carbocycles. The van der Waals surface area contributed by atoms with Gasteiger partial charge in [-0.05, 0) is 20.8 Å². The van der Waals surface area contributed by atoms with Crippen LogP contribution in [0.15, 0.2) is 34.9 Å². The first kappa shape index (κ1) is 41.9. The SMILES string of the molecule is CCC[CH2][Sn]([CH2]CCC)([CH2]CCC)[c]1cnc(C(CCc2ccc(OC3CCN(C(=O)OC(C)(C)C)CC3)cc2)O[Si](C)(C)C(C)(C)C)o1. The number of aryl methyl sites for hydroxylation is 1. The maximum atomic E-state index is 12.4. The van der Waals surface area contributed by atoms with Crippen LogP contribution in [0.25, 0.3) is 0 Å². The van der Waals surface area contributed by atoms with E-state index in [1.165, 1.54) is 61.2 Å². The van der Waals surface area contributed by atoms with Crippen molar-refractivity contribution in [2.45, 2.75) is 176 Å². The van der Waals surface area contributed by atoms with Gasteiger partial charge in [0.05, 0.1) is 0 Å². The van der Waals surface area contributed by atoms with E-state index in [1.54, 1.807) is 4.90 Å². The van der Waals surface area contributed by atoms with Crippen molar-refractivity contribution in [3.05, 3.63) is 41.9 Å². The van der Waals surface area contributed by atoms with Crippen LogP contribution in [0.3, 0.4) is 0 Å². The molecule has 1 atom stereocenters. The van der Waals surface area contributed by atoms with Gasteiger partial charge in [0.2, 0.25) is 0 Å². The van der Waals surface area contributed by atoms with E-state index in [0.29, 0.717) is 13.1 Å². The van der Waals surface area contributed by atoms with Crippen molar-refractivity contribution in [3.8, 4) is 5.75 Å². The third-order valence-corrected chi connectivity index (χ3v) is 30.0. The Kier molecular flexibility index (Phi) is 16.1. The Balaban J connectivity index is 1.73. The predicted molar refractivity (Wildman–Crippen MR) is 208 cm³/mol. The normalized spacial score (nSPS) is 15.8. The van der Waals surface area contributed by atoms with Crippen LogP contribution in [0.4, 0.5) is 4.79 Å². The maximum absolute atomic E-state index is 12.4. The van der Waals surface area contributed by atoms with Gasteiger partial charge in [0.15, 0.2) is 0 Å². The number of carbonyl (C=O) groups is 1. The van der Waals surface area contributed by atoms with Crippen molar-refractivity contribution in [1.82, 2.24) is 9.88 Å². The average molecular weight is 806 g/mol. The monoisotopic (exact) mass is 806 g/mol. The first-order chi connectivity index (χ1) is 23.0. The molecule has 2 aromatic rings. The van der Waals surface area contributed by atoms with Gasteiger partial charge in [-0.3, -0.25) is 0 Å². The molecule has 1 amide bonds. The Labute approximate surface area is 304 Å². The summed E-state index contributed by atoms with van der Waals surface area (Å²) >= 11 is -2.75. The second-order valence-electron chi connectivity index (χ2n) is 17.0. The molecule has 0 spiro atoms. The summed E-state index contributed by atoms with van der Waals surface area (Å²) in [6.45, 7) is 25.6. The molecule has 0 bridgehead atoms. The van der Waals surface area contributed by atoms with E-state index < -0.39 is 32.3 Å². The molecule has 1 aromatic carbocycles. The van der Waals surface area contributed by atoms with Crippen LogP contribution < -0.4 is 8.51 Å². The van der Waals surface area contributed by atoms with Crippen molar-refractivity contribution in [2.24, 2.45) is 0 Å². The number of aromatic nitrogens is 1. The number of hydrogen-bond acceptors (Lipinski definition) is 6. The van der Waals surface area contributed by atoms with Gasteiger partial charge in [0, 0.05) is 25.9 Å². The number of rotatable bonds is 18. The number of benzene rings is 1. The van der Waals surface area contributed by atoms with Gasteiger partial charge in [-0.1, -0.05) is 0 Å². The minimum atomic E-state index is -2.75. The minimum absolute atomic E-state index is 0.0923. The van der Waals surface area contributed by atoms with Gasteiger partial charge in [0.1, 0.15) is 5.60 Å². The number of ether oxygens (including phenoxy) is 2. The summed E-state index contributed by atoms with van der Waals surface area (Å²) in [5.41, 5.74) is 0.774. The molecule has 1 aromatic heterocycles. The predicted octanol–water partition coefficient (Wildman–Crippen LogP) is 11.2.